The smallest absolute Gasteiger partial charge is 0.161 e. The average molecular weight is 354 g/mol. The summed E-state index contributed by atoms with van der Waals surface area (Å²) in [6, 6.07) is 5.89. The number of benzene rings is 1. The lowest BCUT2D eigenvalue weighted by Gasteiger charge is -2.35. The molecule has 1 atom stereocenters. The molecule has 1 aromatic carbocycles. The molecule has 0 bridgehead atoms. The van der Waals surface area contributed by atoms with Gasteiger partial charge in [-0.2, -0.15) is 5.26 Å². The molecular weight excluding hydrogens is 334 g/mol. The summed E-state index contributed by atoms with van der Waals surface area (Å²) >= 11 is 3.47. The molecule has 1 aliphatic rings. The van der Waals surface area contributed by atoms with Crippen molar-refractivity contribution in [3.63, 3.8) is 0 Å². The van der Waals surface area contributed by atoms with Crippen molar-refractivity contribution in [2.45, 2.75) is 38.2 Å². The number of aliphatic hydroxyl groups is 1. The molecule has 1 aromatic rings. The van der Waals surface area contributed by atoms with E-state index in [4.69, 9.17) is 9.47 Å². The maximum absolute atomic E-state index is 10.8. The van der Waals surface area contributed by atoms with Crippen molar-refractivity contribution in [3.8, 4) is 17.6 Å². The number of hydrogen-bond donors (Lipinski definition) is 1. The Kier molecular flexibility index (Phi) is 5.13. The van der Waals surface area contributed by atoms with Crippen LogP contribution >= 0.6 is 15.9 Å². The molecule has 0 heterocycles. The summed E-state index contributed by atoms with van der Waals surface area (Å²) in [4.78, 5) is 0. The number of aliphatic hydroxyl groups excluding tert-OH is 1. The Bertz CT molecular complexity index is 547. The molecule has 1 fully saturated rings. The predicted molar refractivity (Wildman–Crippen MR) is 83.3 cm³/mol. The largest absolute Gasteiger partial charge is 0.493 e. The molecule has 1 N–H and O–H groups in total. The highest BCUT2D eigenvalue weighted by molar-refractivity contribution is 9.10. The lowest BCUT2D eigenvalue weighted by Crippen LogP contribution is -2.30. The number of hydrogen-bond acceptors (Lipinski definition) is 4. The van der Waals surface area contributed by atoms with Crippen LogP contribution in [0.25, 0.3) is 0 Å². The normalized spacial score (nSPS) is 18.6. The quantitative estimate of drug-likeness (QED) is 0.889. The molecule has 1 aliphatic carbocycles. The van der Waals surface area contributed by atoms with Crippen molar-refractivity contribution in [3.05, 3.63) is 22.2 Å². The standard InChI is InChI=1S/C16H20BrNO3/c1-20-13-8-11(12(17)9-14(13)21-2)15(19)16(10-18)6-4-3-5-7-16/h8-9,15,19H,3-7H2,1-2H3. The fourth-order valence-electron chi connectivity index (χ4n) is 3.01. The second-order valence-electron chi connectivity index (χ2n) is 5.46. The summed E-state index contributed by atoms with van der Waals surface area (Å²) < 4.78 is 11.3. The minimum absolute atomic E-state index is 0.554. The predicted octanol–water partition coefficient (Wildman–Crippen LogP) is 3.97. The first-order valence-electron chi connectivity index (χ1n) is 7.08. The first-order chi connectivity index (χ1) is 10.1. The molecule has 21 heavy (non-hydrogen) atoms. The second kappa shape index (κ2) is 6.67. The van der Waals surface area contributed by atoms with Crippen molar-refractivity contribution in [1.82, 2.24) is 0 Å². The van der Waals surface area contributed by atoms with Crippen LogP contribution in [0.1, 0.15) is 43.8 Å². The van der Waals surface area contributed by atoms with Gasteiger partial charge in [-0.05, 0) is 25.0 Å². The third-order valence-corrected chi connectivity index (χ3v) is 4.98. The molecule has 114 valence electrons. The highest BCUT2D eigenvalue weighted by Crippen LogP contribution is 2.48. The highest BCUT2D eigenvalue weighted by Gasteiger charge is 2.41. The molecule has 0 aromatic heterocycles. The van der Waals surface area contributed by atoms with E-state index in [1.54, 1.807) is 26.4 Å². The molecule has 5 heteroatoms. The van der Waals surface area contributed by atoms with Crippen LogP contribution < -0.4 is 9.47 Å². The second-order valence-corrected chi connectivity index (χ2v) is 6.31. The van der Waals surface area contributed by atoms with E-state index in [0.717, 1.165) is 36.6 Å². The molecule has 1 unspecified atom stereocenters. The van der Waals surface area contributed by atoms with E-state index in [1.807, 2.05) is 0 Å². The van der Waals surface area contributed by atoms with E-state index in [-0.39, 0.29) is 0 Å². The van der Waals surface area contributed by atoms with E-state index in [1.165, 1.54) is 0 Å². The van der Waals surface area contributed by atoms with E-state index < -0.39 is 11.5 Å². The minimum Gasteiger partial charge on any atom is -0.493 e. The van der Waals surface area contributed by atoms with Gasteiger partial charge in [-0.15, -0.1) is 0 Å². The Morgan fingerprint density at radius 3 is 2.29 bits per heavy atom. The zero-order valence-corrected chi connectivity index (χ0v) is 13.9. The number of halogens is 1. The molecular formula is C16H20BrNO3. The first-order valence-corrected chi connectivity index (χ1v) is 7.88. The van der Waals surface area contributed by atoms with Crippen LogP contribution in [0.5, 0.6) is 11.5 Å². The van der Waals surface area contributed by atoms with Crippen LogP contribution in [-0.2, 0) is 0 Å². The van der Waals surface area contributed by atoms with Crippen molar-refractivity contribution in [2.75, 3.05) is 14.2 Å². The monoisotopic (exact) mass is 353 g/mol. The third-order valence-electron chi connectivity index (χ3n) is 4.29. The zero-order valence-electron chi connectivity index (χ0n) is 12.4. The molecule has 0 saturated heterocycles. The number of rotatable bonds is 4. The van der Waals surface area contributed by atoms with Crippen LogP contribution in [-0.4, -0.2) is 19.3 Å². The van der Waals surface area contributed by atoms with Crippen LogP contribution in [0.15, 0.2) is 16.6 Å². The van der Waals surface area contributed by atoms with Gasteiger partial charge in [0.2, 0.25) is 0 Å². The van der Waals surface area contributed by atoms with Crippen molar-refractivity contribution >= 4 is 15.9 Å². The van der Waals surface area contributed by atoms with Gasteiger partial charge in [-0.3, -0.25) is 0 Å². The number of nitriles is 1. The Morgan fingerprint density at radius 1 is 1.19 bits per heavy atom. The maximum atomic E-state index is 10.8. The van der Waals surface area contributed by atoms with E-state index in [0.29, 0.717) is 17.1 Å². The van der Waals surface area contributed by atoms with Gasteiger partial charge < -0.3 is 14.6 Å². The lowest BCUT2D eigenvalue weighted by atomic mass is 9.69. The number of nitrogens with zero attached hydrogens (tertiary/aromatic N) is 1. The van der Waals surface area contributed by atoms with Gasteiger partial charge in [-0.25, -0.2) is 0 Å². The van der Waals surface area contributed by atoms with E-state index in [2.05, 4.69) is 22.0 Å². The summed E-state index contributed by atoms with van der Waals surface area (Å²) in [6.45, 7) is 0. The first kappa shape index (κ1) is 16.1. The van der Waals surface area contributed by atoms with Crippen molar-refractivity contribution in [2.24, 2.45) is 5.41 Å². The van der Waals surface area contributed by atoms with Gasteiger partial charge in [-0.1, -0.05) is 35.2 Å². The summed E-state index contributed by atoms with van der Waals surface area (Å²) in [5.41, 5.74) is -0.0310. The lowest BCUT2D eigenvalue weighted by molar-refractivity contribution is 0.0352. The SMILES string of the molecule is COc1cc(Br)c(C(O)C2(C#N)CCCCC2)cc1OC. The van der Waals surface area contributed by atoms with Crippen LogP contribution in [0.4, 0.5) is 0 Å². The Morgan fingerprint density at radius 2 is 1.76 bits per heavy atom. The van der Waals surface area contributed by atoms with Crippen LogP contribution in [0.2, 0.25) is 0 Å². The molecule has 4 nitrogen and oxygen atoms in total. The van der Waals surface area contributed by atoms with E-state index >= 15 is 0 Å². The molecule has 2 rings (SSSR count). The van der Waals surface area contributed by atoms with Gasteiger partial charge in [0.25, 0.3) is 0 Å². The van der Waals surface area contributed by atoms with Gasteiger partial charge in [0.1, 0.15) is 0 Å². The summed E-state index contributed by atoms with van der Waals surface area (Å²) in [6.07, 6.45) is 3.71. The summed E-state index contributed by atoms with van der Waals surface area (Å²) in [5.74, 6) is 1.15. The van der Waals surface area contributed by atoms with Gasteiger partial charge in [0, 0.05) is 10.0 Å². The fourth-order valence-corrected chi connectivity index (χ4v) is 3.55. The maximum Gasteiger partial charge on any atom is 0.161 e. The van der Waals surface area contributed by atoms with Crippen molar-refractivity contribution in [1.29, 1.82) is 5.26 Å². The molecule has 0 amide bonds. The Labute approximate surface area is 133 Å². The Hall–Kier alpha value is -1.25. The molecule has 0 radical (unpaired) electrons. The molecule has 0 spiro atoms. The summed E-state index contributed by atoms with van der Waals surface area (Å²) in [5, 5.41) is 20.4. The van der Waals surface area contributed by atoms with Gasteiger partial charge >= 0.3 is 0 Å². The fraction of sp³-hybridized carbons (Fsp3) is 0.562. The van der Waals surface area contributed by atoms with Crippen molar-refractivity contribution < 1.29 is 14.6 Å². The highest BCUT2D eigenvalue weighted by atomic mass is 79.9. The molecule has 0 aliphatic heterocycles. The minimum atomic E-state index is -0.836. The third kappa shape index (κ3) is 3.02. The van der Waals surface area contributed by atoms with Crippen LogP contribution in [0, 0.1) is 16.7 Å². The summed E-state index contributed by atoms with van der Waals surface area (Å²) in [7, 11) is 3.13. The van der Waals surface area contributed by atoms with Crippen LogP contribution in [0.3, 0.4) is 0 Å². The van der Waals surface area contributed by atoms with Gasteiger partial charge in [0.15, 0.2) is 11.5 Å². The van der Waals surface area contributed by atoms with Gasteiger partial charge in [0.05, 0.1) is 31.8 Å². The Balaban J connectivity index is 2.42. The van der Waals surface area contributed by atoms with E-state index in [9.17, 15) is 10.4 Å². The topological polar surface area (TPSA) is 62.5 Å². The number of methoxy groups -OCH3 is 2. The average Bonchev–Trinajstić information content (AvgIpc) is 2.54. The molecule has 1 saturated carbocycles. The number of ether oxygens (including phenoxy) is 2. The zero-order chi connectivity index (χ0) is 15.5.